The smallest absolute Gasteiger partial charge is 0.0846 e. The zero-order valence-electron chi connectivity index (χ0n) is 9.28. The molecule has 2 aromatic rings. The molecule has 0 radical (unpaired) electrons. The van der Waals surface area contributed by atoms with E-state index in [0.717, 1.165) is 0 Å². The average molecular weight is 303 g/mol. The minimum absolute atomic E-state index is 0.308. The number of benzene rings is 1. The van der Waals surface area contributed by atoms with E-state index in [2.05, 4.69) is 4.98 Å². The Hall–Kier alpha value is -0.800. The van der Waals surface area contributed by atoms with Crippen molar-refractivity contribution in [3.63, 3.8) is 0 Å². The second-order valence-electron chi connectivity index (χ2n) is 3.82. The fourth-order valence-corrected chi connectivity index (χ4v) is 2.48. The first-order valence-corrected chi connectivity index (χ1v) is 6.43. The molecule has 1 aromatic carbocycles. The molecule has 1 N–H and O–H groups in total. The third-order valence-electron chi connectivity index (χ3n) is 2.62. The number of rotatable bonds is 3. The lowest BCUT2D eigenvalue weighted by Crippen LogP contribution is -2.04. The van der Waals surface area contributed by atoms with Gasteiger partial charge in [0.15, 0.2) is 0 Å². The van der Waals surface area contributed by atoms with Gasteiger partial charge in [-0.05, 0) is 23.8 Å². The van der Waals surface area contributed by atoms with Gasteiger partial charge in [0.25, 0.3) is 0 Å². The molecule has 0 aliphatic carbocycles. The van der Waals surface area contributed by atoms with Crippen LogP contribution in [0, 0.1) is 0 Å². The Morgan fingerprint density at radius 3 is 2.33 bits per heavy atom. The monoisotopic (exact) mass is 301 g/mol. The molecule has 0 spiro atoms. The summed E-state index contributed by atoms with van der Waals surface area (Å²) in [6.07, 6.45) is 2.62. The lowest BCUT2D eigenvalue weighted by atomic mass is 10.0. The molecular formula is C13H10Cl3NO. The molecule has 5 heteroatoms. The van der Waals surface area contributed by atoms with Crippen LogP contribution >= 0.6 is 34.8 Å². The van der Waals surface area contributed by atoms with E-state index in [4.69, 9.17) is 34.8 Å². The topological polar surface area (TPSA) is 33.1 Å². The lowest BCUT2D eigenvalue weighted by Gasteiger charge is -2.14. The number of nitrogens with zero attached hydrogens (tertiary/aromatic N) is 1. The average Bonchev–Trinajstić information content (AvgIpc) is 2.34. The molecule has 18 heavy (non-hydrogen) atoms. The highest BCUT2D eigenvalue weighted by atomic mass is 35.5. The molecule has 0 saturated heterocycles. The highest BCUT2D eigenvalue weighted by Crippen LogP contribution is 2.31. The molecular weight excluding hydrogens is 293 g/mol. The summed E-state index contributed by atoms with van der Waals surface area (Å²) < 4.78 is 0. The van der Waals surface area contributed by atoms with Gasteiger partial charge in [0.05, 0.1) is 11.1 Å². The van der Waals surface area contributed by atoms with Crippen molar-refractivity contribution in [2.75, 3.05) is 0 Å². The summed E-state index contributed by atoms with van der Waals surface area (Å²) in [6.45, 7) is 0. The number of hydrogen-bond donors (Lipinski definition) is 1. The standard InChI is InChI=1S/C13H10Cl3NO/c14-10-2-1-3-11(15)9(10)6-13(18)8-4-5-17-7-12(8)16/h1-5,7,13,18H,6H2. The Morgan fingerprint density at radius 2 is 1.72 bits per heavy atom. The first kappa shape index (κ1) is 13.6. The number of aliphatic hydroxyl groups is 1. The second kappa shape index (κ2) is 5.89. The molecule has 0 bridgehead atoms. The van der Waals surface area contributed by atoms with Crippen LogP contribution in [0.3, 0.4) is 0 Å². The maximum atomic E-state index is 10.2. The number of pyridine rings is 1. The van der Waals surface area contributed by atoms with Crippen LogP contribution in [0.2, 0.25) is 15.1 Å². The SMILES string of the molecule is OC(Cc1c(Cl)cccc1Cl)c1ccncc1Cl. The molecule has 2 rings (SSSR count). The molecule has 1 heterocycles. The van der Waals surface area contributed by atoms with E-state index in [1.165, 1.54) is 6.20 Å². The molecule has 0 fully saturated rings. The Morgan fingerprint density at radius 1 is 1.06 bits per heavy atom. The van der Waals surface area contributed by atoms with Gasteiger partial charge < -0.3 is 5.11 Å². The van der Waals surface area contributed by atoms with Crippen LogP contribution in [0.15, 0.2) is 36.7 Å². The highest BCUT2D eigenvalue weighted by molar-refractivity contribution is 6.36. The van der Waals surface area contributed by atoms with E-state index in [1.54, 1.807) is 30.5 Å². The van der Waals surface area contributed by atoms with Gasteiger partial charge in [0.2, 0.25) is 0 Å². The first-order chi connectivity index (χ1) is 8.59. The summed E-state index contributed by atoms with van der Waals surface area (Å²) in [5.41, 5.74) is 1.32. The van der Waals surface area contributed by atoms with E-state index >= 15 is 0 Å². The minimum Gasteiger partial charge on any atom is -0.388 e. The van der Waals surface area contributed by atoms with E-state index in [0.29, 0.717) is 32.6 Å². The molecule has 0 saturated carbocycles. The quantitative estimate of drug-likeness (QED) is 0.916. The Bertz CT molecular complexity index is 539. The molecule has 2 nitrogen and oxygen atoms in total. The Kier molecular flexibility index (Phi) is 4.46. The summed E-state index contributed by atoms with van der Waals surface area (Å²) in [7, 11) is 0. The number of hydrogen-bond acceptors (Lipinski definition) is 2. The predicted molar refractivity (Wildman–Crippen MR) is 74.4 cm³/mol. The third kappa shape index (κ3) is 2.96. The van der Waals surface area contributed by atoms with Gasteiger partial charge >= 0.3 is 0 Å². The van der Waals surface area contributed by atoms with Gasteiger partial charge in [-0.15, -0.1) is 0 Å². The number of aromatic nitrogens is 1. The molecule has 1 unspecified atom stereocenters. The zero-order chi connectivity index (χ0) is 13.1. The van der Waals surface area contributed by atoms with Crippen molar-refractivity contribution in [3.05, 3.63) is 62.9 Å². The maximum absolute atomic E-state index is 10.2. The van der Waals surface area contributed by atoms with E-state index in [-0.39, 0.29) is 0 Å². The summed E-state index contributed by atoms with van der Waals surface area (Å²) >= 11 is 18.1. The van der Waals surface area contributed by atoms with Crippen molar-refractivity contribution in [2.45, 2.75) is 12.5 Å². The first-order valence-electron chi connectivity index (χ1n) is 5.30. The van der Waals surface area contributed by atoms with Crippen LogP contribution < -0.4 is 0 Å². The van der Waals surface area contributed by atoms with Gasteiger partial charge in [-0.1, -0.05) is 40.9 Å². The van der Waals surface area contributed by atoms with Crippen molar-refractivity contribution >= 4 is 34.8 Å². The Balaban J connectivity index is 2.27. The van der Waals surface area contributed by atoms with Gasteiger partial charge in [-0.3, -0.25) is 4.98 Å². The second-order valence-corrected chi connectivity index (χ2v) is 5.04. The van der Waals surface area contributed by atoms with Crippen LogP contribution in [0.5, 0.6) is 0 Å². The molecule has 0 aliphatic heterocycles. The fraction of sp³-hybridized carbons (Fsp3) is 0.154. The van der Waals surface area contributed by atoms with Gasteiger partial charge in [0, 0.05) is 34.4 Å². The predicted octanol–water partition coefficient (Wildman–Crippen LogP) is 4.32. The van der Waals surface area contributed by atoms with Crippen molar-refractivity contribution in [3.8, 4) is 0 Å². The molecule has 1 atom stereocenters. The van der Waals surface area contributed by atoms with Crippen LogP contribution in [-0.2, 0) is 6.42 Å². The minimum atomic E-state index is -0.766. The van der Waals surface area contributed by atoms with Crippen LogP contribution in [0.25, 0.3) is 0 Å². The largest absolute Gasteiger partial charge is 0.388 e. The van der Waals surface area contributed by atoms with E-state index < -0.39 is 6.10 Å². The van der Waals surface area contributed by atoms with Crippen molar-refractivity contribution in [2.24, 2.45) is 0 Å². The fourth-order valence-electron chi connectivity index (χ4n) is 1.69. The van der Waals surface area contributed by atoms with E-state index in [9.17, 15) is 5.11 Å². The number of aliphatic hydroxyl groups excluding tert-OH is 1. The summed E-state index contributed by atoms with van der Waals surface area (Å²) in [6, 6.07) is 6.92. The summed E-state index contributed by atoms with van der Waals surface area (Å²) in [4.78, 5) is 3.87. The van der Waals surface area contributed by atoms with Crippen LogP contribution in [0.4, 0.5) is 0 Å². The highest BCUT2D eigenvalue weighted by Gasteiger charge is 2.15. The number of halogens is 3. The lowest BCUT2D eigenvalue weighted by molar-refractivity contribution is 0.178. The van der Waals surface area contributed by atoms with Gasteiger partial charge in [-0.2, -0.15) is 0 Å². The molecule has 0 aliphatic rings. The zero-order valence-corrected chi connectivity index (χ0v) is 11.5. The molecule has 0 amide bonds. The third-order valence-corrected chi connectivity index (χ3v) is 3.65. The van der Waals surface area contributed by atoms with Crippen LogP contribution in [-0.4, -0.2) is 10.1 Å². The summed E-state index contributed by atoms with van der Waals surface area (Å²) in [5, 5.41) is 11.7. The Labute approximate surface area is 120 Å². The van der Waals surface area contributed by atoms with Crippen LogP contribution in [0.1, 0.15) is 17.2 Å². The summed E-state index contributed by atoms with van der Waals surface area (Å²) in [5.74, 6) is 0. The maximum Gasteiger partial charge on any atom is 0.0846 e. The van der Waals surface area contributed by atoms with E-state index in [1.807, 2.05) is 0 Å². The van der Waals surface area contributed by atoms with Crippen molar-refractivity contribution in [1.29, 1.82) is 0 Å². The normalized spacial score (nSPS) is 12.4. The van der Waals surface area contributed by atoms with Crippen molar-refractivity contribution < 1.29 is 5.11 Å². The van der Waals surface area contributed by atoms with Crippen molar-refractivity contribution in [1.82, 2.24) is 4.98 Å². The molecule has 94 valence electrons. The van der Waals surface area contributed by atoms with Gasteiger partial charge in [0.1, 0.15) is 0 Å². The van der Waals surface area contributed by atoms with Gasteiger partial charge in [-0.25, -0.2) is 0 Å². The molecule has 1 aromatic heterocycles.